The molecule has 1 atom stereocenters. The zero-order valence-corrected chi connectivity index (χ0v) is 9.10. The van der Waals surface area contributed by atoms with Crippen molar-refractivity contribution >= 4 is 19.2 Å². The summed E-state index contributed by atoms with van der Waals surface area (Å²) in [4.78, 5) is 22.5. The number of ether oxygens (including phenoxy) is 2. The van der Waals surface area contributed by atoms with Crippen LogP contribution in [0, 0.1) is 0 Å². The van der Waals surface area contributed by atoms with E-state index in [1.807, 2.05) is 0 Å². The second-order valence-corrected chi connectivity index (χ2v) is 3.95. The highest BCUT2D eigenvalue weighted by molar-refractivity contribution is 7.53. The van der Waals surface area contributed by atoms with Crippen molar-refractivity contribution in [3.63, 3.8) is 0 Å². The van der Waals surface area contributed by atoms with Crippen molar-refractivity contribution in [1.82, 2.24) is 0 Å². The Labute approximate surface area is 79.3 Å². The van der Waals surface area contributed by atoms with E-state index >= 15 is 0 Å². The summed E-state index contributed by atoms with van der Waals surface area (Å²) in [5.41, 5.74) is -0.0400. The molecule has 0 aromatic rings. The predicted molar refractivity (Wildman–Crippen MR) is 50.7 cm³/mol. The van der Waals surface area contributed by atoms with E-state index in [2.05, 4.69) is 0 Å². The average Bonchev–Trinajstić information content (AvgIpc) is 2.13. The number of carbonyl (C=O) groups excluding carboxylic acids is 1. The SMILES string of the molecule is CCOC(=O)C(OCC)=[P+]([O-])CC. The van der Waals surface area contributed by atoms with Gasteiger partial charge in [0.25, 0.3) is 0 Å². The van der Waals surface area contributed by atoms with Crippen LogP contribution in [0.5, 0.6) is 0 Å². The Morgan fingerprint density at radius 3 is 2.15 bits per heavy atom. The van der Waals surface area contributed by atoms with E-state index in [0.29, 0.717) is 12.8 Å². The molecule has 0 rings (SSSR count). The lowest BCUT2D eigenvalue weighted by molar-refractivity contribution is -0.154. The maximum absolute atomic E-state index is 11.3. The number of esters is 1. The fraction of sp³-hybridized carbons (Fsp3) is 0.750. The summed E-state index contributed by atoms with van der Waals surface area (Å²) in [5, 5.41) is 0. The third-order valence-electron chi connectivity index (χ3n) is 1.24. The zero-order chi connectivity index (χ0) is 10.3. The van der Waals surface area contributed by atoms with Crippen LogP contribution in [-0.4, -0.2) is 30.8 Å². The van der Waals surface area contributed by atoms with Crippen LogP contribution in [0.1, 0.15) is 20.8 Å². The van der Waals surface area contributed by atoms with Gasteiger partial charge in [0.05, 0.1) is 21.0 Å². The molecule has 0 amide bonds. The number of hydrogen-bond donors (Lipinski definition) is 0. The summed E-state index contributed by atoms with van der Waals surface area (Å²) in [6.07, 6.45) is 0.392. The fourth-order valence-corrected chi connectivity index (χ4v) is 1.53. The van der Waals surface area contributed by atoms with Crippen molar-refractivity contribution in [2.24, 2.45) is 0 Å². The monoisotopic (exact) mass is 206 g/mol. The second-order valence-electron chi connectivity index (χ2n) is 2.15. The highest BCUT2D eigenvalue weighted by Gasteiger charge is 2.20. The molecule has 0 heterocycles. The van der Waals surface area contributed by atoms with Gasteiger partial charge >= 0.3 is 11.4 Å². The Hall–Kier alpha value is -0.440. The van der Waals surface area contributed by atoms with Crippen LogP contribution in [0.4, 0.5) is 0 Å². The summed E-state index contributed by atoms with van der Waals surface area (Å²) in [5.74, 6) is -0.604. The minimum absolute atomic E-state index is 0.0400. The van der Waals surface area contributed by atoms with Gasteiger partial charge in [-0.15, -0.1) is 0 Å². The van der Waals surface area contributed by atoms with Crippen molar-refractivity contribution in [3.05, 3.63) is 0 Å². The van der Waals surface area contributed by atoms with Crippen LogP contribution in [0.2, 0.25) is 0 Å². The summed E-state index contributed by atoms with van der Waals surface area (Å²) in [6, 6.07) is 0. The maximum Gasteiger partial charge on any atom is 0.406 e. The molecule has 0 aromatic heterocycles. The molecule has 4 nitrogen and oxygen atoms in total. The van der Waals surface area contributed by atoms with Crippen molar-refractivity contribution in [3.8, 4) is 0 Å². The molecule has 0 aliphatic rings. The standard InChI is InChI=1S/C8H15O4P/c1-4-11-7(9)8(12-5-2)13(10)6-3/h4-6H2,1-3H3. The van der Waals surface area contributed by atoms with Crippen molar-refractivity contribution in [2.75, 3.05) is 19.4 Å². The van der Waals surface area contributed by atoms with Crippen LogP contribution >= 0.6 is 7.77 Å². The van der Waals surface area contributed by atoms with Gasteiger partial charge in [-0.3, -0.25) is 0 Å². The maximum atomic E-state index is 11.3. The molecule has 76 valence electrons. The molecule has 0 N–H and O–H groups in total. The molecule has 0 bridgehead atoms. The highest BCUT2D eigenvalue weighted by atomic mass is 31.1. The topological polar surface area (TPSA) is 58.6 Å². The molecule has 1 unspecified atom stereocenters. The molecule has 0 radical (unpaired) electrons. The van der Waals surface area contributed by atoms with Crippen LogP contribution < -0.4 is 4.89 Å². The van der Waals surface area contributed by atoms with Gasteiger partial charge in [0.15, 0.2) is 0 Å². The first-order valence-electron chi connectivity index (χ1n) is 4.28. The molecule has 0 aliphatic heterocycles. The third-order valence-corrected chi connectivity index (χ3v) is 2.58. The summed E-state index contributed by atoms with van der Waals surface area (Å²) >= 11 is 0. The number of rotatable bonds is 5. The molecule has 0 spiro atoms. The first-order chi connectivity index (χ1) is 6.17. The van der Waals surface area contributed by atoms with E-state index < -0.39 is 13.7 Å². The lowest BCUT2D eigenvalue weighted by Crippen LogP contribution is -2.22. The van der Waals surface area contributed by atoms with E-state index in [-0.39, 0.29) is 12.1 Å². The zero-order valence-electron chi connectivity index (χ0n) is 8.20. The van der Waals surface area contributed by atoms with Gasteiger partial charge in [0.2, 0.25) is 0 Å². The Balaban J connectivity index is 4.50. The van der Waals surface area contributed by atoms with Gasteiger partial charge in [-0.1, -0.05) is 0 Å². The van der Waals surface area contributed by atoms with Crippen LogP contribution in [-0.2, 0) is 14.3 Å². The van der Waals surface area contributed by atoms with E-state index in [1.165, 1.54) is 0 Å². The van der Waals surface area contributed by atoms with Gasteiger partial charge in [0, 0.05) is 0 Å². The van der Waals surface area contributed by atoms with E-state index in [9.17, 15) is 9.69 Å². The smallest absolute Gasteiger partial charge is 0.406 e. The highest BCUT2D eigenvalue weighted by Crippen LogP contribution is 2.14. The number of hydrogen-bond acceptors (Lipinski definition) is 4. The molecule has 0 fully saturated rings. The summed E-state index contributed by atoms with van der Waals surface area (Å²) < 4.78 is 9.66. The summed E-state index contributed by atoms with van der Waals surface area (Å²) in [6.45, 7) is 5.76. The van der Waals surface area contributed by atoms with E-state index in [1.54, 1.807) is 20.8 Å². The molecule has 0 aliphatic carbocycles. The van der Waals surface area contributed by atoms with Crippen molar-refractivity contribution < 1.29 is 19.2 Å². The van der Waals surface area contributed by atoms with Gasteiger partial charge in [0.1, 0.15) is 6.16 Å². The average molecular weight is 206 g/mol. The molecule has 0 aromatic carbocycles. The van der Waals surface area contributed by atoms with Crippen LogP contribution in [0.15, 0.2) is 0 Å². The Morgan fingerprint density at radius 2 is 1.77 bits per heavy atom. The van der Waals surface area contributed by atoms with Crippen molar-refractivity contribution in [2.45, 2.75) is 20.8 Å². The van der Waals surface area contributed by atoms with E-state index in [0.717, 1.165) is 0 Å². The van der Waals surface area contributed by atoms with Crippen LogP contribution in [0.3, 0.4) is 0 Å². The second kappa shape index (κ2) is 7.01. The van der Waals surface area contributed by atoms with Crippen LogP contribution in [0.25, 0.3) is 0 Å². The minimum Gasteiger partial charge on any atom is -0.628 e. The normalized spacial score (nSPS) is 12.3. The predicted octanol–water partition coefficient (Wildman–Crippen LogP) is 0.493. The fourth-order valence-electron chi connectivity index (χ4n) is 0.706. The molecule has 0 saturated heterocycles. The molecule has 13 heavy (non-hydrogen) atoms. The summed E-state index contributed by atoms with van der Waals surface area (Å²) in [7, 11) is -1.73. The molecule has 5 heteroatoms. The molecular formula is C8H15O4P. The van der Waals surface area contributed by atoms with Gasteiger partial charge in [-0.25, -0.2) is 4.79 Å². The molecular weight excluding hydrogens is 191 g/mol. The minimum atomic E-state index is -1.73. The largest absolute Gasteiger partial charge is 0.628 e. The lowest BCUT2D eigenvalue weighted by Gasteiger charge is -2.04. The number of carbonyl (C=O) groups is 1. The van der Waals surface area contributed by atoms with Gasteiger partial charge in [-0.05, 0) is 20.8 Å². The first-order valence-corrected chi connectivity index (χ1v) is 5.73. The Kier molecular flexibility index (Phi) is 6.77. The van der Waals surface area contributed by atoms with Crippen molar-refractivity contribution in [1.29, 1.82) is 0 Å². The first kappa shape index (κ1) is 12.6. The molecule has 0 saturated carbocycles. The Bertz CT molecular complexity index is 200. The third kappa shape index (κ3) is 4.36. The van der Waals surface area contributed by atoms with Gasteiger partial charge < -0.3 is 14.4 Å². The van der Waals surface area contributed by atoms with Gasteiger partial charge in [-0.2, -0.15) is 0 Å². The quantitative estimate of drug-likeness (QED) is 0.485. The Morgan fingerprint density at radius 1 is 1.23 bits per heavy atom. The lowest BCUT2D eigenvalue weighted by atomic mass is 10.7. The van der Waals surface area contributed by atoms with E-state index in [4.69, 9.17) is 9.47 Å².